The Balaban J connectivity index is 1.37. The molecule has 1 aliphatic heterocycles. The summed E-state index contributed by atoms with van der Waals surface area (Å²) in [5.74, 6) is 0.0314. The molecule has 7 nitrogen and oxygen atoms in total. The molecular formula is C22H27N5O2S. The fraction of sp³-hybridized carbons (Fsp3) is 0.455. The number of piperidine rings is 1. The molecule has 3 aromatic rings. The van der Waals surface area contributed by atoms with Crippen LogP contribution in [-0.4, -0.2) is 39.6 Å². The number of anilines is 1. The van der Waals surface area contributed by atoms with Crippen LogP contribution < -0.4 is 15.8 Å². The van der Waals surface area contributed by atoms with Gasteiger partial charge in [-0.1, -0.05) is 41.7 Å². The van der Waals surface area contributed by atoms with E-state index in [1.807, 2.05) is 18.2 Å². The van der Waals surface area contributed by atoms with Gasteiger partial charge in [0.15, 0.2) is 0 Å². The minimum atomic E-state index is -0.168. The van der Waals surface area contributed by atoms with E-state index in [4.69, 9.17) is 0 Å². The summed E-state index contributed by atoms with van der Waals surface area (Å²) in [6, 6.07) is 12.0. The summed E-state index contributed by atoms with van der Waals surface area (Å²) in [6.45, 7) is 5.32. The Morgan fingerprint density at radius 2 is 2.13 bits per heavy atom. The van der Waals surface area contributed by atoms with E-state index in [-0.39, 0.29) is 23.4 Å². The molecule has 3 heterocycles. The van der Waals surface area contributed by atoms with Gasteiger partial charge in [-0.05, 0) is 45.1 Å². The molecule has 1 amide bonds. The lowest BCUT2D eigenvalue weighted by atomic mass is 9.96. The first kappa shape index (κ1) is 20.5. The quantitative estimate of drug-likeness (QED) is 0.657. The van der Waals surface area contributed by atoms with E-state index in [2.05, 4.69) is 39.4 Å². The van der Waals surface area contributed by atoms with Crippen LogP contribution in [0.2, 0.25) is 0 Å². The largest absolute Gasteiger partial charge is 0.353 e. The standard InChI is InChI=1S/C22H27N5O2S/c1-15(10-11-17-7-4-3-5-8-17)23-20(29)18-9-6-12-26(14-18)22-25-27-19(28)13-16(2)24-21(27)30-22/h3-5,7-8,13,15,18H,6,9-12,14H2,1-2H3,(H,23,29)/t15-,18+/m0/s1. The van der Waals surface area contributed by atoms with Crippen LogP contribution in [0.5, 0.6) is 0 Å². The predicted octanol–water partition coefficient (Wildman–Crippen LogP) is 2.81. The third-order valence-corrected chi connectivity index (χ3v) is 6.49. The maximum Gasteiger partial charge on any atom is 0.275 e. The third kappa shape index (κ3) is 4.70. The Kier molecular flexibility index (Phi) is 6.13. The van der Waals surface area contributed by atoms with E-state index >= 15 is 0 Å². The van der Waals surface area contributed by atoms with Crippen LogP contribution in [0.4, 0.5) is 5.13 Å². The smallest absolute Gasteiger partial charge is 0.275 e. The molecule has 0 saturated carbocycles. The molecule has 0 unspecified atom stereocenters. The van der Waals surface area contributed by atoms with Gasteiger partial charge in [-0.15, -0.1) is 5.10 Å². The second-order valence-corrected chi connectivity index (χ2v) is 8.97. The summed E-state index contributed by atoms with van der Waals surface area (Å²) in [4.78, 5) is 32.1. The number of benzene rings is 1. The van der Waals surface area contributed by atoms with Gasteiger partial charge in [0.2, 0.25) is 16.0 Å². The molecule has 2 aromatic heterocycles. The van der Waals surface area contributed by atoms with Crippen molar-refractivity contribution in [2.45, 2.75) is 45.6 Å². The Labute approximate surface area is 179 Å². The maximum atomic E-state index is 12.8. The highest BCUT2D eigenvalue weighted by atomic mass is 32.1. The highest BCUT2D eigenvalue weighted by molar-refractivity contribution is 7.20. The monoisotopic (exact) mass is 425 g/mol. The highest BCUT2D eigenvalue weighted by Gasteiger charge is 2.28. The SMILES string of the molecule is Cc1cc(=O)n2nc(N3CCC[C@@H](C(=O)N[C@@H](C)CCc4ccccc4)C3)sc2n1. The Morgan fingerprint density at radius 1 is 1.33 bits per heavy atom. The van der Waals surface area contributed by atoms with Gasteiger partial charge < -0.3 is 10.2 Å². The Morgan fingerprint density at radius 3 is 2.93 bits per heavy atom. The second kappa shape index (κ2) is 8.95. The molecule has 0 aliphatic carbocycles. The van der Waals surface area contributed by atoms with Crippen molar-refractivity contribution in [3.63, 3.8) is 0 Å². The van der Waals surface area contributed by atoms with Crippen LogP contribution in [-0.2, 0) is 11.2 Å². The number of carbonyl (C=O) groups excluding carboxylic acids is 1. The van der Waals surface area contributed by atoms with E-state index in [9.17, 15) is 9.59 Å². The van der Waals surface area contributed by atoms with Gasteiger partial charge in [-0.25, -0.2) is 4.98 Å². The van der Waals surface area contributed by atoms with Crippen LogP contribution in [0.1, 0.15) is 37.4 Å². The lowest BCUT2D eigenvalue weighted by molar-refractivity contribution is -0.125. The zero-order valence-electron chi connectivity index (χ0n) is 17.4. The molecule has 0 radical (unpaired) electrons. The number of aryl methyl sites for hydroxylation is 2. The van der Waals surface area contributed by atoms with E-state index in [0.29, 0.717) is 17.2 Å². The molecule has 1 saturated heterocycles. The summed E-state index contributed by atoms with van der Waals surface area (Å²) < 4.78 is 1.35. The number of fused-ring (bicyclic) bond motifs is 1. The van der Waals surface area contributed by atoms with E-state index in [0.717, 1.165) is 37.4 Å². The van der Waals surface area contributed by atoms with Gasteiger partial charge >= 0.3 is 0 Å². The molecule has 8 heteroatoms. The zero-order valence-corrected chi connectivity index (χ0v) is 18.2. The molecule has 1 aliphatic rings. The Hall–Kier alpha value is -2.74. The maximum absolute atomic E-state index is 12.8. The van der Waals surface area contributed by atoms with Crippen molar-refractivity contribution in [3.8, 4) is 0 Å². The summed E-state index contributed by atoms with van der Waals surface area (Å²) >= 11 is 1.40. The fourth-order valence-electron chi connectivity index (χ4n) is 3.86. The van der Waals surface area contributed by atoms with Crippen LogP contribution in [0.15, 0.2) is 41.2 Å². The Bertz CT molecular complexity index is 1080. The molecule has 1 aromatic carbocycles. The minimum absolute atomic E-state index is 0.0728. The third-order valence-electron chi connectivity index (χ3n) is 5.52. The molecule has 158 valence electrons. The molecule has 2 atom stereocenters. The number of nitrogens with one attached hydrogen (secondary N) is 1. The highest BCUT2D eigenvalue weighted by Crippen LogP contribution is 2.27. The number of hydrogen-bond acceptors (Lipinski definition) is 6. The number of carbonyl (C=O) groups is 1. The van der Waals surface area contributed by atoms with Crippen LogP contribution >= 0.6 is 11.3 Å². The normalized spacial score (nSPS) is 17.8. The first-order valence-corrected chi connectivity index (χ1v) is 11.3. The molecule has 0 bridgehead atoms. The van der Waals surface area contributed by atoms with Crippen molar-refractivity contribution in [1.82, 2.24) is 19.9 Å². The molecule has 0 spiro atoms. The minimum Gasteiger partial charge on any atom is -0.353 e. The van der Waals surface area contributed by atoms with Crippen molar-refractivity contribution in [2.24, 2.45) is 5.92 Å². The molecule has 4 rings (SSSR count). The van der Waals surface area contributed by atoms with Crippen LogP contribution in [0.3, 0.4) is 0 Å². The van der Waals surface area contributed by atoms with E-state index in [1.54, 1.807) is 6.92 Å². The van der Waals surface area contributed by atoms with Crippen LogP contribution in [0, 0.1) is 12.8 Å². The van der Waals surface area contributed by atoms with Gasteiger partial charge in [0, 0.05) is 30.9 Å². The fourth-order valence-corrected chi connectivity index (χ4v) is 4.85. The van der Waals surface area contributed by atoms with Crippen molar-refractivity contribution in [3.05, 3.63) is 58.0 Å². The number of amides is 1. The summed E-state index contributed by atoms with van der Waals surface area (Å²) in [6.07, 6.45) is 3.66. The topological polar surface area (TPSA) is 79.6 Å². The predicted molar refractivity (Wildman–Crippen MR) is 119 cm³/mol. The first-order valence-electron chi connectivity index (χ1n) is 10.5. The molecular weight excluding hydrogens is 398 g/mol. The van der Waals surface area contributed by atoms with E-state index < -0.39 is 0 Å². The average molecular weight is 426 g/mol. The van der Waals surface area contributed by atoms with Crippen molar-refractivity contribution < 1.29 is 4.79 Å². The zero-order chi connectivity index (χ0) is 21.1. The lowest BCUT2D eigenvalue weighted by Crippen LogP contribution is -2.45. The first-order chi connectivity index (χ1) is 14.5. The lowest BCUT2D eigenvalue weighted by Gasteiger charge is -2.32. The summed E-state index contributed by atoms with van der Waals surface area (Å²) in [7, 11) is 0. The van der Waals surface area contributed by atoms with Gasteiger partial charge in [-0.2, -0.15) is 4.52 Å². The summed E-state index contributed by atoms with van der Waals surface area (Å²) in [5.41, 5.74) is 1.81. The average Bonchev–Trinajstić information content (AvgIpc) is 3.17. The van der Waals surface area contributed by atoms with Crippen molar-refractivity contribution >= 4 is 27.3 Å². The molecule has 1 N–H and O–H groups in total. The van der Waals surface area contributed by atoms with Gasteiger partial charge in [0.1, 0.15) is 0 Å². The van der Waals surface area contributed by atoms with Crippen molar-refractivity contribution in [2.75, 3.05) is 18.0 Å². The van der Waals surface area contributed by atoms with Crippen LogP contribution in [0.25, 0.3) is 4.96 Å². The molecule has 30 heavy (non-hydrogen) atoms. The van der Waals surface area contributed by atoms with Gasteiger partial charge in [0.05, 0.1) is 5.92 Å². The number of rotatable bonds is 6. The van der Waals surface area contributed by atoms with Gasteiger partial charge in [0.25, 0.3) is 5.56 Å². The molecule has 1 fully saturated rings. The van der Waals surface area contributed by atoms with Crippen molar-refractivity contribution in [1.29, 1.82) is 0 Å². The summed E-state index contributed by atoms with van der Waals surface area (Å²) in [5, 5.41) is 8.38. The number of nitrogens with zero attached hydrogens (tertiary/aromatic N) is 4. The second-order valence-electron chi connectivity index (χ2n) is 8.03. The number of aromatic nitrogens is 3. The van der Waals surface area contributed by atoms with Gasteiger partial charge in [-0.3, -0.25) is 9.59 Å². The van der Waals surface area contributed by atoms with E-state index in [1.165, 1.54) is 27.5 Å². The number of hydrogen-bond donors (Lipinski definition) is 1.